The van der Waals surface area contributed by atoms with E-state index in [1.807, 2.05) is 0 Å². The SMILES string of the molecule is COc1ccc(O)c(NC(=S)NC(=O)/C=C/c2ccc(-c3cc(Cl)cc(Cl)c3)o2)c1. The first-order chi connectivity index (χ1) is 14.3. The highest BCUT2D eigenvalue weighted by atomic mass is 35.5. The van der Waals surface area contributed by atoms with Gasteiger partial charge in [-0.3, -0.25) is 10.1 Å². The van der Waals surface area contributed by atoms with Crippen molar-refractivity contribution in [2.75, 3.05) is 12.4 Å². The van der Waals surface area contributed by atoms with Crippen molar-refractivity contribution in [2.24, 2.45) is 0 Å². The largest absolute Gasteiger partial charge is 0.506 e. The van der Waals surface area contributed by atoms with Crippen LogP contribution in [-0.4, -0.2) is 23.2 Å². The van der Waals surface area contributed by atoms with Crippen LogP contribution in [0.1, 0.15) is 5.76 Å². The number of anilines is 1. The van der Waals surface area contributed by atoms with E-state index < -0.39 is 5.91 Å². The second-order valence-electron chi connectivity index (χ2n) is 6.02. The normalized spacial score (nSPS) is 10.8. The van der Waals surface area contributed by atoms with Gasteiger partial charge in [0, 0.05) is 27.8 Å². The molecule has 0 radical (unpaired) electrons. The molecule has 1 amide bonds. The summed E-state index contributed by atoms with van der Waals surface area (Å²) in [6, 6.07) is 13.1. The number of amides is 1. The number of halogens is 2. The van der Waals surface area contributed by atoms with E-state index in [4.69, 9.17) is 44.6 Å². The number of ether oxygens (including phenoxy) is 1. The fourth-order valence-electron chi connectivity index (χ4n) is 2.50. The van der Waals surface area contributed by atoms with E-state index in [1.54, 1.807) is 42.5 Å². The van der Waals surface area contributed by atoms with E-state index in [0.717, 1.165) is 5.56 Å². The number of furan rings is 1. The summed E-state index contributed by atoms with van der Waals surface area (Å²) < 4.78 is 10.8. The third kappa shape index (κ3) is 5.76. The average Bonchev–Trinajstić information content (AvgIpc) is 3.16. The molecule has 3 aromatic rings. The minimum atomic E-state index is -0.473. The summed E-state index contributed by atoms with van der Waals surface area (Å²) in [5.41, 5.74) is 1.03. The Balaban J connectivity index is 1.61. The molecule has 0 aliphatic heterocycles. The van der Waals surface area contributed by atoms with Gasteiger partial charge < -0.3 is 19.6 Å². The van der Waals surface area contributed by atoms with Gasteiger partial charge in [-0.2, -0.15) is 0 Å². The summed E-state index contributed by atoms with van der Waals surface area (Å²) in [4.78, 5) is 12.1. The Morgan fingerprint density at radius 3 is 2.57 bits per heavy atom. The van der Waals surface area contributed by atoms with Crippen molar-refractivity contribution in [1.82, 2.24) is 5.32 Å². The van der Waals surface area contributed by atoms with Crippen LogP contribution in [0.4, 0.5) is 5.69 Å². The van der Waals surface area contributed by atoms with Crippen LogP contribution in [0.25, 0.3) is 17.4 Å². The van der Waals surface area contributed by atoms with Gasteiger partial charge in [-0.1, -0.05) is 23.2 Å². The van der Waals surface area contributed by atoms with E-state index in [1.165, 1.54) is 25.3 Å². The number of benzene rings is 2. The number of nitrogens with one attached hydrogen (secondary N) is 2. The number of phenols is 1. The third-order valence-electron chi connectivity index (χ3n) is 3.86. The summed E-state index contributed by atoms with van der Waals surface area (Å²) >= 11 is 17.1. The molecule has 1 aromatic heterocycles. The Kier molecular flexibility index (Phi) is 6.99. The van der Waals surface area contributed by atoms with Crippen molar-refractivity contribution in [3.8, 4) is 22.8 Å². The van der Waals surface area contributed by atoms with Crippen molar-refractivity contribution in [1.29, 1.82) is 0 Å². The highest BCUT2D eigenvalue weighted by Gasteiger charge is 2.08. The van der Waals surface area contributed by atoms with Crippen molar-refractivity contribution in [3.05, 3.63) is 70.4 Å². The minimum absolute atomic E-state index is 0.0157. The molecule has 2 aromatic carbocycles. The monoisotopic (exact) mass is 462 g/mol. The van der Waals surface area contributed by atoms with Crippen LogP contribution >= 0.6 is 35.4 Å². The number of methoxy groups -OCH3 is 1. The van der Waals surface area contributed by atoms with Crippen molar-refractivity contribution < 1.29 is 19.1 Å². The predicted octanol–water partition coefficient (Wildman–Crippen LogP) is 5.49. The Bertz CT molecular complexity index is 1110. The molecule has 0 fully saturated rings. The van der Waals surface area contributed by atoms with Gasteiger partial charge in [-0.15, -0.1) is 0 Å². The number of rotatable bonds is 5. The quantitative estimate of drug-likeness (QED) is 0.264. The molecule has 6 nitrogen and oxygen atoms in total. The van der Waals surface area contributed by atoms with Gasteiger partial charge >= 0.3 is 0 Å². The Morgan fingerprint density at radius 2 is 1.87 bits per heavy atom. The fraction of sp³-hybridized carbons (Fsp3) is 0.0476. The number of hydrogen-bond donors (Lipinski definition) is 3. The molecule has 0 saturated heterocycles. The fourth-order valence-corrected chi connectivity index (χ4v) is 3.24. The number of thiocarbonyl (C=S) groups is 1. The summed E-state index contributed by atoms with van der Waals surface area (Å²) in [7, 11) is 1.50. The van der Waals surface area contributed by atoms with E-state index in [9.17, 15) is 9.90 Å². The van der Waals surface area contributed by atoms with Gasteiger partial charge in [0.2, 0.25) is 5.91 Å². The van der Waals surface area contributed by atoms with Gasteiger partial charge in [0.25, 0.3) is 0 Å². The van der Waals surface area contributed by atoms with E-state index in [-0.39, 0.29) is 10.9 Å². The molecule has 3 rings (SSSR count). The maximum atomic E-state index is 12.1. The Morgan fingerprint density at radius 1 is 1.13 bits per heavy atom. The Labute approximate surface area is 188 Å². The number of aromatic hydroxyl groups is 1. The maximum Gasteiger partial charge on any atom is 0.250 e. The molecule has 0 saturated carbocycles. The molecular formula is C21H16Cl2N2O4S. The molecule has 0 aliphatic carbocycles. The lowest BCUT2D eigenvalue weighted by Gasteiger charge is -2.11. The first kappa shape index (κ1) is 21.7. The molecule has 3 N–H and O–H groups in total. The average molecular weight is 463 g/mol. The molecular weight excluding hydrogens is 447 g/mol. The second kappa shape index (κ2) is 9.67. The molecule has 0 unspecified atom stereocenters. The second-order valence-corrected chi connectivity index (χ2v) is 7.30. The number of carbonyl (C=O) groups excluding carboxylic acids is 1. The predicted molar refractivity (Wildman–Crippen MR) is 122 cm³/mol. The maximum absolute atomic E-state index is 12.1. The van der Waals surface area contributed by atoms with Crippen LogP contribution in [-0.2, 0) is 4.79 Å². The standard InChI is InChI=1S/C21H16Cl2N2O4S/c1-28-16-2-5-18(26)17(11-16)24-21(30)25-20(27)7-4-15-3-6-19(29-15)12-8-13(22)10-14(23)9-12/h2-11,26H,1H3,(H2,24,25,27,30)/b7-4+. The molecule has 9 heteroatoms. The molecule has 0 spiro atoms. The highest BCUT2D eigenvalue weighted by molar-refractivity contribution is 7.80. The van der Waals surface area contributed by atoms with Crippen LogP contribution in [0.15, 0.2) is 59.0 Å². The van der Waals surface area contributed by atoms with Crippen LogP contribution in [0, 0.1) is 0 Å². The topological polar surface area (TPSA) is 83.7 Å². The van der Waals surface area contributed by atoms with E-state index in [2.05, 4.69) is 10.6 Å². The van der Waals surface area contributed by atoms with Crippen molar-refractivity contribution >= 4 is 58.2 Å². The lowest BCUT2D eigenvalue weighted by molar-refractivity contribution is -0.115. The summed E-state index contributed by atoms with van der Waals surface area (Å²) in [5.74, 6) is 1.04. The molecule has 0 atom stereocenters. The van der Waals surface area contributed by atoms with Gasteiger partial charge in [0.1, 0.15) is 23.0 Å². The van der Waals surface area contributed by atoms with Crippen LogP contribution < -0.4 is 15.4 Å². The first-order valence-corrected chi connectivity index (χ1v) is 9.74. The minimum Gasteiger partial charge on any atom is -0.506 e. The van der Waals surface area contributed by atoms with Crippen LogP contribution in [0.3, 0.4) is 0 Å². The summed E-state index contributed by atoms with van der Waals surface area (Å²) in [6.07, 6.45) is 2.77. The van der Waals surface area contributed by atoms with E-state index >= 15 is 0 Å². The summed E-state index contributed by atoms with van der Waals surface area (Å²) in [6.45, 7) is 0. The van der Waals surface area contributed by atoms with Gasteiger partial charge in [0.05, 0.1) is 12.8 Å². The molecule has 1 heterocycles. The Hall–Kier alpha value is -3.00. The lowest BCUT2D eigenvalue weighted by Crippen LogP contribution is -2.32. The number of phenolic OH excluding ortho intramolecular Hbond substituents is 1. The van der Waals surface area contributed by atoms with Crippen LogP contribution in [0.2, 0.25) is 10.0 Å². The number of carbonyl (C=O) groups is 1. The zero-order valence-corrected chi connectivity index (χ0v) is 17.9. The van der Waals surface area contributed by atoms with Gasteiger partial charge in [-0.05, 0) is 60.8 Å². The molecule has 30 heavy (non-hydrogen) atoms. The van der Waals surface area contributed by atoms with Crippen LogP contribution in [0.5, 0.6) is 11.5 Å². The lowest BCUT2D eigenvalue weighted by atomic mass is 10.2. The molecule has 0 bridgehead atoms. The zero-order chi connectivity index (χ0) is 21.7. The highest BCUT2D eigenvalue weighted by Crippen LogP contribution is 2.29. The van der Waals surface area contributed by atoms with Crippen molar-refractivity contribution in [2.45, 2.75) is 0 Å². The number of hydrogen-bond acceptors (Lipinski definition) is 5. The van der Waals surface area contributed by atoms with Gasteiger partial charge in [0.15, 0.2) is 5.11 Å². The molecule has 0 aliphatic rings. The zero-order valence-electron chi connectivity index (χ0n) is 15.6. The van der Waals surface area contributed by atoms with E-state index in [0.29, 0.717) is 33.0 Å². The smallest absolute Gasteiger partial charge is 0.250 e. The molecule has 154 valence electrons. The summed E-state index contributed by atoms with van der Waals surface area (Å²) in [5, 5.41) is 16.1. The van der Waals surface area contributed by atoms with Gasteiger partial charge in [-0.25, -0.2) is 0 Å². The van der Waals surface area contributed by atoms with Crippen molar-refractivity contribution in [3.63, 3.8) is 0 Å². The third-order valence-corrected chi connectivity index (χ3v) is 4.50. The first-order valence-electron chi connectivity index (χ1n) is 8.57.